The zero-order valence-electron chi connectivity index (χ0n) is 11.7. The van der Waals surface area contributed by atoms with Crippen LogP contribution in [-0.4, -0.2) is 29.6 Å². The molecule has 0 aliphatic heterocycles. The standard InChI is InChI=1S/C14H17BrFNO4/c1-8(2)5-11(14(19)20)17-13(18)7-21-12-4-3-9(16)6-10(12)15/h3-4,6,8,11H,5,7H2,1-2H3,(H,17,18)(H,19,20)/t11-/m0/s1. The lowest BCUT2D eigenvalue weighted by Gasteiger charge is -2.16. The number of hydrogen-bond donors (Lipinski definition) is 2. The molecule has 5 nitrogen and oxygen atoms in total. The Morgan fingerprint density at radius 1 is 1.43 bits per heavy atom. The van der Waals surface area contributed by atoms with Gasteiger partial charge in [-0.1, -0.05) is 13.8 Å². The van der Waals surface area contributed by atoms with Crippen molar-refractivity contribution in [3.8, 4) is 5.75 Å². The number of rotatable bonds is 7. The number of carboxylic acid groups (broad SMARTS) is 1. The number of nitrogens with one attached hydrogen (secondary N) is 1. The van der Waals surface area contributed by atoms with E-state index in [4.69, 9.17) is 9.84 Å². The third-order valence-electron chi connectivity index (χ3n) is 2.59. The summed E-state index contributed by atoms with van der Waals surface area (Å²) in [6.45, 7) is 3.40. The highest BCUT2D eigenvalue weighted by atomic mass is 79.9. The number of benzene rings is 1. The molecule has 7 heteroatoms. The first-order valence-corrected chi connectivity index (χ1v) is 7.19. The molecule has 0 spiro atoms. The van der Waals surface area contributed by atoms with Gasteiger partial charge in [-0.15, -0.1) is 0 Å². The van der Waals surface area contributed by atoms with Gasteiger partial charge in [-0.05, 0) is 46.5 Å². The van der Waals surface area contributed by atoms with Crippen molar-refractivity contribution in [1.82, 2.24) is 5.32 Å². The Labute approximate surface area is 130 Å². The van der Waals surface area contributed by atoms with E-state index in [-0.39, 0.29) is 12.5 Å². The van der Waals surface area contributed by atoms with E-state index in [1.54, 1.807) is 0 Å². The first kappa shape index (κ1) is 17.4. The van der Waals surface area contributed by atoms with Gasteiger partial charge in [0.15, 0.2) is 6.61 Å². The van der Waals surface area contributed by atoms with Crippen molar-refractivity contribution in [3.63, 3.8) is 0 Å². The van der Waals surface area contributed by atoms with E-state index in [2.05, 4.69) is 21.2 Å². The lowest BCUT2D eigenvalue weighted by molar-refractivity contribution is -0.142. The molecule has 0 radical (unpaired) electrons. The number of carbonyl (C=O) groups excluding carboxylic acids is 1. The van der Waals surface area contributed by atoms with E-state index < -0.39 is 23.7 Å². The van der Waals surface area contributed by atoms with Crippen LogP contribution in [0.1, 0.15) is 20.3 Å². The van der Waals surface area contributed by atoms with E-state index in [0.717, 1.165) is 0 Å². The van der Waals surface area contributed by atoms with E-state index in [0.29, 0.717) is 16.6 Å². The summed E-state index contributed by atoms with van der Waals surface area (Å²) < 4.78 is 18.5. The number of carbonyl (C=O) groups is 2. The van der Waals surface area contributed by atoms with E-state index >= 15 is 0 Å². The number of carboxylic acids is 1. The highest BCUT2D eigenvalue weighted by Gasteiger charge is 2.21. The van der Waals surface area contributed by atoms with Crippen molar-refractivity contribution in [3.05, 3.63) is 28.5 Å². The molecule has 1 atom stereocenters. The Hall–Kier alpha value is -1.63. The van der Waals surface area contributed by atoms with Crippen LogP contribution in [0.5, 0.6) is 5.75 Å². The van der Waals surface area contributed by atoms with Gasteiger partial charge in [0.2, 0.25) is 0 Å². The third kappa shape index (κ3) is 6.12. The van der Waals surface area contributed by atoms with Crippen molar-refractivity contribution in [2.45, 2.75) is 26.3 Å². The van der Waals surface area contributed by atoms with Crippen molar-refractivity contribution < 1.29 is 23.8 Å². The summed E-state index contributed by atoms with van der Waals surface area (Å²) in [5.74, 6) is -1.61. The fourth-order valence-electron chi connectivity index (χ4n) is 1.66. The average molecular weight is 362 g/mol. The first-order chi connectivity index (χ1) is 9.79. The second-order valence-corrected chi connectivity index (χ2v) is 5.81. The molecule has 0 unspecified atom stereocenters. The van der Waals surface area contributed by atoms with Crippen LogP contribution in [-0.2, 0) is 9.59 Å². The van der Waals surface area contributed by atoms with Crippen molar-refractivity contribution in [2.75, 3.05) is 6.61 Å². The Morgan fingerprint density at radius 3 is 2.62 bits per heavy atom. The van der Waals surface area contributed by atoms with Gasteiger partial charge in [0.05, 0.1) is 4.47 Å². The summed E-state index contributed by atoms with van der Waals surface area (Å²) >= 11 is 3.11. The van der Waals surface area contributed by atoms with Gasteiger partial charge in [-0.3, -0.25) is 4.79 Å². The number of aliphatic carboxylic acids is 1. The topological polar surface area (TPSA) is 75.6 Å². The van der Waals surface area contributed by atoms with Gasteiger partial charge in [0, 0.05) is 0 Å². The van der Waals surface area contributed by atoms with E-state index in [9.17, 15) is 14.0 Å². The molecule has 1 aromatic carbocycles. The molecule has 2 N–H and O–H groups in total. The molecule has 0 heterocycles. The minimum atomic E-state index is -1.08. The number of hydrogen-bond acceptors (Lipinski definition) is 3. The zero-order valence-corrected chi connectivity index (χ0v) is 13.3. The lowest BCUT2D eigenvalue weighted by Crippen LogP contribution is -2.43. The molecule has 21 heavy (non-hydrogen) atoms. The molecule has 116 valence electrons. The smallest absolute Gasteiger partial charge is 0.326 e. The number of ether oxygens (including phenoxy) is 1. The lowest BCUT2D eigenvalue weighted by atomic mass is 10.0. The second kappa shape index (κ2) is 7.97. The Balaban J connectivity index is 2.54. The van der Waals surface area contributed by atoms with Crippen LogP contribution < -0.4 is 10.1 Å². The van der Waals surface area contributed by atoms with Crippen LogP contribution in [0.25, 0.3) is 0 Å². The Bertz CT molecular complexity index is 522. The maximum atomic E-state index is 12.9. The van der Waals surface area contributed by atoms with Gasteiger partial charge >= 0.3 is 5.97 Å². The molecule has 0 fully saturated rings. The summed E-state index contributed by atoms with van der Waals surface area (Å²) in [6, 6.07) is 2.86. The largest absolute Gasteiger partial charge is 0.483 e. The van der Waals surface area contributed by atoms with Gasteiger partial charge in [-0.25, -0.2) is 9.18 Å². The normalized spacial score (nSPS) is 12.0. The molecule has 0 bridgehead atoms. The van der Waals surface area contributed by atoms with Crippen molar-refractivity contribution in [1.29, 1.82) is 0 Å². The summed E-state index contributed by atoms with van der Waals surface area (Å²) in [7, 11) is 0. The zero-order chi connectivity index (χ0) is 16.0. The van der Waals surface area contributed by atoms with Crippen LogP contribution in [0.15, 0.2) is 22.7 Å². The molecule has 0 aliphatic carbocycles. The summed E-state index contributed by atoms with van der Waals surface area (Å²) in [6.07, 6.45) is 0.335. The number of halogens is 2. The van der Waals surface area contributed by atoms with Gasteiger partial charge in [0.1, 0.15) is 17.6 Å². The van der Waals surface area contributed by atoms with Gasteiger partial charge in [-0.2, -0.15) is 0 Å². The highest BCUT2D eigenvalue weighted by molar-refractivity contribution is 9.10. The third-order valence-corrected chi connectivity index (χ3v) is 3.21. The predicted molar refractivity (Wildman–Crippen MR) is 78.6 cm³/mol. The first-order valence-electron chi connectivity index (χ1n) is 6.39. The van der Waals surface area contributed by atoms with Crippen LogP contribution in [0.2, 0.25) is 0 Å². The molecule has 1 amide bonds. The maximum Gasteiger partial charge on any atom is 0.326 e. The average Bonchev–Trinajstić information content (AvgIpc) is 2.36. The van der Waals surface area contributed by atoms with Crippen molar-refractivity contribution in [2.24, 2.45) is 5.92 Å². The fourth-order valence-corrected chi connectivity index (χ4v) is 2.13. The quantitative estimate of drug-likeness (QED) is 0.782. The van der Waals surface area contributed by atoms with Crippen LogP contribution in [0, 0.1) is 11.7 Å². The summed E-state index contributed by atoms with van der Waals surface area (Å²) in [5.41, 5.74) is 0. The molecule has 0 aliphatic rings. The number of amides is 1. The monoisotopic (exact) mass is 361 g/mol. The van der Waals surface area contributed by atoms with E-state index in [1.807, 2.05) is 13.8 Å². The predicted octanol–water partition coefficient (Wildman–Crippen LogP) is 2.58. The van der Waals surface area contributed by atoms with Gasteiger partial charge < -0.3 is 15.2 Å². The molecule has 1 aromatic rings. The Morgan fingerprint density at radius 2 is 2.10 bits per heavy atom. The molecule has 0 saturated heterocycles. The van der Waals surface area contributed by atoms with Crippen LogP contribution >= 0.6 is 15.9 Å². The maximum absolute atomic E-state index is 12.9. The minimum absolute atomic E-state index is 0.138. The fraction of sp³-hybridized carbons (Fsp3) is 0.429. The van der Waals surface area contributed by atoms with Crippen molar-refractivity contribution >= 4 is 27.8 Å². The molecule has 0 aromatic heterocycles. The second-order valence-electron chi connectivity index (χ2n) is 4.95. The van der Waals surface area contributed by atoms with E-state index in [1.165, 1.54) is 18.2 Å². The summed E-state index contributed by atoms with van der Waals surface area (Å²) in [5, 5.41) is 11.4. The van der Waals surface area contributed by atoms with Crippen LogP contribution in [0.3, 0.4) is 0 Å². The SMILES string of the molecule is CC(C)C[C@H](NC(=O)COc1ccc(F)cc1Br)C(=O)O. The van der Waals surface area contributed by atoms with Crippen LogP contribution in [0.4, 0.5) is 4.39 Å². The molecular weight excluding hydrogens is 345 g/mol. The minimum Gasteiger partial charge on any atom is -0.483 e. The highest BCUT2D eigenvalue weighted by Crippen LogP contribution is 2.25. The Kier molecular flexibility index (Phi) is 6.61. The summed E-state index contributed by atoms with van der Waals surface area (Å²) in [4.78, 5) is 22.7. The molecule has 0 saturated carbocycles. The van der Waals surface area contributed by atoms with Gasteiger partial charge in [0.25, 0.3) is 5.91 Å². The molecule has 1 rings (SSSR count). The molecular formula is C14H17BrFNO4.